The first kappa shape index (κ1) is 19.6. The van der Waals surface area contributed by atoms with Gasteiger partial charge in [-0.1, -0.05) is 23.7 Å². The van der Waals surface area contributed by atoms with Crippen LogP contribution in [0.1, 0.15) is 6.92 Å². The molecule has 0 radical (unpaired) electrons. The number of carbonyl (C=O) groups is 3. The number of ether oxygens (including phenoxy) is 2. The molecule has 3 rings (SSSR count). The first-order chi connectivity index (χ1) is 13.3. The van der Waals surface area contributed by atoms with Crippen molar-refractivity contribution in [1.29, 1.82) is 0 Å². The average molecular weight is 407 g/mol. The fraction of sp³-hybridized carbons (Fsp3) is 0.211. The molecule has 1 heterocycles. The van der Waals surface area contributed by atoms with Crippen LogP contribution >= 0.6 is 11.6 Å². The van der Waals surface area contributed by atoms with Crippen LogP contribution < -0.4 is 15.0 Å². The number of halogens is 2. The highest BCUT2D eigenvalue weighted by atomic mass is 35.5. The zero-order chi connectivity index (χ0) is 20.3. The van der Waals surface area contributed by atoms with Crippen LogP contribution in [0.3, 0.4) is 0 Å². The molecular formula is C19H16ClFN2O5. The van der Waals surface area contributed by atoms with Crippen LogP contribution in [0.4, 0.5) is 15.8 Å². The zero-order valence-electron chi connectivity index (χ0n) is 14.8. The summed E-state index contributed by atoms with van der Waals surface area (Å²) in [7, 11) is 0. The second kappa shape index (κ2) is 8.26. The van der Waals surface area contributed by atoms with Gasteiger partial charge < -0.3 is 14.8 Å². The highest BCUT2D eigenvalue weighted by Crippen LogP contribution is 2.29. The molecule has 1 atom stereocenters. The molecule has 28 heavy (non-hydrogen) atoms. The first-order valence-electron chi connectivity index (χ1n) is 8.32. The van der Waals surface area contributed by atoms with E-state index < -0.39 is 30.4 Å². The zero-order valence-corrected chi connectivity index (χ0v) is 15.5. The molecule has 0 spiro atoms. The minimum Gasteiger partial charge on any atom is -0.480 e. The fourth-order valence-corrected chi connectivity index (χ4v) is 2.88. The maximum absolute atomic E-state index is 13.0. The molecule has 2 amide bonds. The number of benzene rings is 2. The number of nitrogens with zero attached hydrogens (tertiary/aromatic N) is 1. The third-order valence-electron chi connectivity index (χ3n) is 3.93. The molecule has 7 nitrogen and oxygen atoms in total. The Morgan fingerprint density at radius 3 is 2.79 bits per heavy atom. The van der Waals surface area contributed by atoms with E-state index in [0.29, 0.717) is 11.4 Å². The second-order valence-electron chi connectivity index (χ2n) is 5.99. The SMILES string of the molecule is C[C@@H](OC(=O)COc1ccc(F)cc1Cl)C(=O)N1CC(=O)Nc2ccccc21. The average Bonchev–Trinajstić information content (AvgIpc) is 2.66. The van der Waals surface area contributed by atoms with E-state index in [1.54, 1.807) is 24.3 Å². The van der Waals surface area contributed by atoms with E-state index in [0.717, 1.165) is 12.1 Å². The van der Waals surface area contributed by atoms with Crippen LogP contribution in [-0.2, 0) is 19.1 Å². The van der Waals surface area contributed by atoms with Crippen molar-refractivity contribution in [2.75, 3.05) is 23.4 Å². The van der Waals surface area contributed by atoms with Crippen molar-refractivity contribution >= 4 is 40.8 Å². The van der Waals surface area contributed by atoms with E-state index in [2.05, 4.69) is 5.32 Å². The lowest BCUT2D eigenvalue weighted by molar-refractivity contribution is -0.155. The normalized spacial score (nSPS) is 14.0. The maximum Gasteiger partial charge on any atom is 0.344 e. The third kappa shape index (κ3) is 4.40. The van der Waals surface area contributed by atoms with Crippen LogP contribution in [-0.4, -0.2) is 37.0 Å². The van der Waals surface area contributed by atoms with Crippen LogP contribution in [0, 0.1) is 5.82 Å². The largest absolute Gasteiger partial charge is 0.480 e. The Morgan fingerprint density at radius 2 is 2.04 bits per heavy atom. The van der Waals surface area contributed by atoms with Crippen LogP contribution in [0.2, 0.25) is 5.02 Å². The molecule has 2 aromatic rings. The van der Waals surface area contributed by atoms with Gasteiger partial charge in [-0.2, -0.15) is 0 Å². The van der Waals surface area contributed by atoms with Gasteiger partial charge in [-0.25, -0.2) is 9.18 Å². The monoisotopic (exact) mass is 406 g/mol. The lowest BCUT2D eigenvalue weighted by Crippen LogP contribution is -2.47. The van der Waals surface area contributed by atoms with E-state index in [1.807, 2.05) is 0 Å². The van der Waals surface area contributed by atoms with Crippen molar-refractivity contribution in [3.63, 3.8) is 0 Å². The predicted molar refractivity (Wildman–Crippen MR) is 99.9 cm³/mol. The number of hydrogen-bond donors (Lipinski definition) is 1. The van der Waals surface area contributed by atoms with Gasteiger partial charge in [0.05, 0.1) is 16.4 Å². The fourth-order valence-electron chi connectivity index (χ4n) is 2.66. The molecule has 1 aliphatic rings. The quantitative estimate of drug-likeness (QED) is 0.772. The molecule has 1 aliphatic heterocycles. The molecule has 0 fully saturated rings. The van der Waals surface area contributed by atoms with Crippen LogP contribution in [0.25, 0.3) is 0 Å². The highest BCUT2D eigenvalue weighted by molar-refractivity contribution is 6.32. The summed E-state index contributed by atoms with van der Waals surface area (Å²) in [6.07, 6.45) is -1.14. The van der Waals surface area contributed by atoms with Gasteiger partial charge >= 0.3 is 5.97 Å². The van der Waals surface area contributed by atoms with Crippen molar-refractivity contribution in [3.05, 3.63) is 53.3 Å². The number of rotatable bonds is 5. The Balaban J connectivity index is 1.61. The molecule has 146 valence electrons. The smallest absolute Gasteiger partial charge is 0.344 e. The summed E-state index contributed by atoms with van der Waals surface area (Å²) in [5.41, 5.74) is 1.02. The Morgan fingerprint density at radius 1 is 1.29 bits per heavy atom. The van der Waals surface area contributed by atoms with Crippen molar-refractivity contribution in [2.45, 2.75) is 13.0 Å². The van der Waals surface area contributed by atoms with Gasteiger partial charge in [0.25, 0.3) is 5.91 Å². The summed E-state index contributed by atoms with van der Waals surface area (Å²) < 4.78 is 23.3. The molecule has 2 aromatic carbocycles. The molecule has 9 heteroatoms. The summed E-state index contributed by atoms with van der Waals surface area (Å²) >= 11 is 5.82. The minimum absolute atomic E-state index is 0.00728. The number of anilines is 2. The summed E-state index contributed by atoms with van der Waals surface area (Å²) in [5.74, 6) is -2.13. The maximum atomic E-state index is 13.0. The second-order valence-corrected chi connectivity index (χ2v) is 6.39. The molecule has 0 bridgehead atoms. The Labute approximate surface area is 165 Å². The number of esters is 1. The number of fused-ring (bicyclic) bond motifs is 1. The van der Waals surface area contributed by atoms with E-state index in [-0.39, 0.29) is 23.2 Å². The Kier molecular flexibility index (Phi) is 5.79. The Hall–Kier alpha value is -3.13. The molecule has 0 aliphatic carbocycles. The van der Waals surface area contributed by atoms with Gasteiger partial charge in [0.1, 0.15) is 18.1 Å². The van der Waals surface area contributed by atoms with Crippen molar-refractivity contribution in [1.82, 2.24) is 0 Å². The third-order valence-corrected chi connectivity index (χ3v) is 4.23. The lowest BCUT2D eigenvalue weighted by Gasteiger charge is -2.30. The van der Waals surface area contributed by atoms with Crippen molar-refractivity contribution < 1.29 is 28.2 Å². The van der Waals surface area contributed by atoms with E-state index in [4.69, 9.17) is 21.1 Å². The van der Waals surface area contributed by atoms with E-state index >= 15 is 0 Å². The molecule has 0 saturated heterocycles. The van der Waals surface area contributed by atoms with Crippen LogP contribution in [0.15, 0.2) is 42.5 Å². The molecular weight excluding hydrogens is 391 g/mol. The van der Waals surface area contributed by atoms with Gasteiger partial charge in [0, 0.05) is 0 Å². The summed E-state index contributed by atoms with van der Waals surface area (Å²) in [5, 5.41) is 2.68. The molecule has 1 N–H and O–H groups in total. The standard InChI is InChI=1S/C19H16ClFN2O5/c1-11(28-18(25)10-27-16-7-6-12(21)8-13(16)20)19(26)23-9-17(24)22-14-4-2-3-5-15(14)23/h2-8,11H,9-10H2,1H3,(H,22,24)/t11-/m1/s1. The minimum atomic E-state index is -1.14. The number of carbonyl (C=O) groups excluding carboxylic acids is 3. The summed E-state index contributed by atoms with van der Waals surface area (Å²) in [6.45, 7) is 0.708. The van der Waals surface area contributed by atoms with Gasteiger partial charge in [-0.3, -0.25) is 14.5 Å². The van der Waals surface area contributed by atoms with Gasteiger partial charge in [0.2, 0.25) is 5.91 Å². The van der Waals surface area contributed by atoms with Crippen molar-refractivity contribution in [3.8, 4) is 5.75 Å². The lowest BCUT2D eigenvalue weighted by atomic mass is 10.1. The van der Waals surface area contributed by atoms with E-state index in [9.17, 15) is 18.8 Å². The molecule has 0 unspecified atom stereocenters. The number of nitrogens with one attached hydrogen (secondary N) is 1. The predicted octanol–water partition coefficient (Wildman–Crippen LogP) is 2.77. The number of hydrogen-bond acceptors (Lipinski definition) is 5. The number of amides is 2. The first-order valence-corrected chi connectivity index (χ1v) is 8.70. The van der Waals surface area contributed by atoms with Gasteiger partial charge in [0.15, 0.2) is 12.7 Å². The summed E-state index contributed by atoms with van der Waals surface area (Å²) in [4.78, 5) is 37.7. The Bertz CT molecular complexity index is 936. The number of para-hydroxylation sites is 2. The van der Waals surface area contributed by atoms with Crippen molar-refractivity contribution in [2.24, 2.45) is 0 Å². The summed E-state index contributed by atoms with van der Waals surface area (Å²) in [6, 6.07) is 10.3. The van der Waals surface area contributed by atoms with Gasteiger partial charge in [-0.05, 0) is 37.3 Å². The van der Waals surface area contributed by atoms with Crippen LogP contribution in [0.5, 0.6) is 5.75 Å². The van der Waals surface area contributed by atoms with E-state index in [1.165, 1.54) is 17.9 Å². The topological polar surface area (TPSA) is 84.9 Å². The van der Waals surface area contributed by atoms with Gasteiger partial charge in [-0.15, -0.1) is 0 Å². The molecule has 0 saturated carbocycles. The highest BCUT2D eigenvalue weighted by Gasteiger charge is 2.31. The molecule has 0 aromatic heterocycles.